The number of imidazole rings is 1. The maximum absolute atomic E-state index is 11.8. The van der Waals surface area contributed by atoms with Crippen LogP contribution in [0.15, 0.2) is 71.6 Å². The van der Waals surface area contributed by atoms with Gasteiger partial charge in [0.05, 0.1) is 21.2 Å². The number of thiol groups is 1. The highest BCUT2D eigenvalue weighted by Crippen LogP contribution is 2.38. The predicted octanol–water partition coefficient (Wildman–Crippen LogP) is 5.36. The molecule has 3 N–H and O–H groups in total. The second-order valence-corrected chi connectivity index (χ2v) is 12.3. The molecular formula is C28H29N3O3S2. The summed E-state index contributed by atoms with van der Waals surface area (Å²) in [6.45, 7) is 0. The SMILES string of the molecule is CS(=O)(=O)c1ccc2nc(-c3ccc(-c4ccc(C5CCC(C(S)C(N)=O)CC5)cc4)cc3)[nH]c2c1. The number of aromatic nitrogens is 2. The van der Waals surface area contributed by atoms with Gasteiger partial charge < -0.3 is 10.7 Å². The van der Waals surface area contributed by atoms with E-state index in [1.807, 2.05) is 12.1 Å². The molecule has 6 nitrogen and oxygen atoms in total. The number of rotatable bonds is 6. The largest absolute Gasteiger partial charge is 0.369 e. The van der Waals surface area contributed by atoms with Crippen LogP contribution in [0.1, 0.15) is 37.2 Å². The van der Waals surface area contributed by atoms with Crippen molar-refractivity contribution in [1.29, 1.82) is 0 Å². The van der Waals surface area contributed by atoms with Gasteiger partial charge in [-0.2, -0.15) is 12.6 Å². The average molecular weight is 520 g/mol. The molecule has 1 heterocycles. The monoisotopic (exact) mass is 519 g/mol. The summed E-state index contributed by atoms with van der Waals surface area (Å²) in [7, 11) is -3.27. The molecule has 1 amide bonds. The van der Waals surface area contributed by atoms with Gasteiger partial charge in [-0.3, -0.25) is 4.79 Å². The fraction of sp³-hybridized carbons (Fsp3) is 0.286. The molecule has 5 rings (SSSR count). The molecule has 0 aliphatic heterocycles. The lowest BCUT2D eigenvalue weighted by Crippen LogP contribution is -2.33. The summed E-state index contributed by atoms with van der Waals surface area (Å²) < 4.78 is 23.7. The molecule has 1 aliphatic rings. The number of sulfone groups is 1. The smallest absolute Gasteiger partial charge is 0.230 e. The minimum absolute atomic E-state index is 0.272. The summed E-state index contributed by atoms with van der Waals surface area (Å²) in [4.78, 5) is 19.6. The van der Waals surface area contributed by atoms with Crippen LogP contribution >= 0.6 is 12.6 Å². The summed E-state index contributed by atoms with van der Waals surface area (Å²) >= 11 is 4.39. The van der Waals surface area contributed by atoms with E-state index in [9.17, 15) is 13.2 Å². The lowest BCUT2D eigenvalue weighted by molar-refractivity contribution is -0.118. The molecule has 3 aromatic carbocycles. The van der Waals surface area contributed by atoms with Crippen molar-refractivity contribution in [2.45, 2.75) is 41.7 Å². The third kappa shape index (κ3) is 5.06. The number of nitrogens with zero attached hydrogens (tertiary/aromatic N) is 1. The molecule has 1 saturated carbocycles. The zero-order chi connectivity index (χ0) is 25.4. The maximum atomic E-state index is 11.8. The Balaban J connectivity index is 1.28. The second-order valence-electron chi connectivity index (χ2n) is 9.69. The number of hydrogen-bond acceptors (Lipinski definition) is 5. The van der Waals surface area contributed by atoms with Crippen LogP contribution in [-0.2, 0) is 14.6 Å². The number of amides is 1. The topological polar surface area (TPSA) is 106 Å². The number of fused-ring (bicyclic) bond motifs is 1. The Bertz CT molecular complexity index is 1500. The van der Waals surface area contributed by atoms with Crippen LogP contribution in [0, 0.1) is 5.92 Å². The molecule has 36 heavy (non-hydrogen) atoms. The Hall–Kier alpha value is -3.10. The fourth-order valence-electron chi connectivity index (χ4n) is 5.12. The van der Waals surface area contributed by atoms with Crippen molar-refractivity contribution in [3.05, 3.63) is 72.3 Å². The number of primary amides is 1. The predicted molar refractivity (Wildman–Crippen MR) is 147 cm³/mol. The number of carbonyl (C=O) groups is 1. The Labute approximate surface area is 216 Å². The lowest BCUT2D eigenvalue weighted by atomic mass is 9.77. The number of aromatic amines is 1. The van der Waals surface area contributed by atoms with Crippen LogP contribution in [-0.4, -0.2) is 35.8 Å². The zero-order valence-corrected chi connectivity index (χ0v) is 21.7. The van der Waals surface area contributed by atoms with E-state index >= 15 is 0 Å². The van der Waals surface area contributed by atoms with Gasteiger partial charge in [0, 0.05) is 11.8 Å². The quantitative estimate of drug-likeness (QED) is 0.298. The summed E-state index contributed by atoms with van der Waals surface area (Å²) in [5, 5.41) is -0.346. The number of nitrogens with two attached hydrogens (primary N) is 1. The highest BCUT2D eigenvalue weighted by molar-refractivity contribution is 7.90. The van der Waals surface area contributed by atoms with Crippen molar-refractivity contribution >= 4 is 39.4 Å². The summed E-state index contributed by atoms with van der Waals surface area (Å²) in [5.74, 6) is 1.15. The minimum Gasteiger partial charge on any atom is -0.369 e. The first-order valence-corrected chi connectivity index (χ1v) is 14.5. The van der Waals surface area contributed by atoms with Crippen molar-refractivity contribution in [2.24, 2.45) is 11.7 Å². The number of carbonyl (C=O) groups excluding carboxylic acids is 1. The minimum atomic E-state index is -3.27. The number of nitrogens with one attached hydrogen (secondary N) is 1. The van der Waals surface area contributed by atoms with Crippen molar-refractivity contribution in [2.75, 3.05) is 6.26 Å². The molecule has 1 fully saturated rings. The van der Waals surface area contributed by atoms with Crippen LogP contribution in [0.3, 0.4) is 0 Å². The Morgan fingerprint density at radius 1 is 0.944 bits per heavy atom. The van der Waals surface area contributed by atoms with E-state index in [1.54, 1.807) is 18.2 Å². The van der Waals surface area contributed by atoms with E-state index in [0.29, 0.717) is 17.3 Å². The van der Waals surface area contributed by atoms with Gasteiger partial charge in [0.1, 0.15) is 5.82 Å². The van der Waals surface area contributed by atoms with E-state index in [2.05, 4.69) is 59.0 Å². The highest BCUT2D eigenvalue weighted by Gasteiger charge is 2.29. The first-order chi connectivity index (χ1) is 17.2. The number of H-pyrrole nitrogens is 1. The van der Waals surface area contributed by atoms with Gasteiger partial charge in [-0.25, -0.2) is 13.4 Å². The second kappa shape index (κ2) is 9.75. The van der Waals surface area contributed by atoms with E-state index in [1.165, 1.54) is 11.8 Å². The normalized spacial score (nSPS) is 19.3. The summed E-state index contributed by atoms with van der Waals surface area (Å²) in [5.41, 5.74) is 11.4. The molecule has 4 aromatic rings. The van der Waals surface area contributed by atoms with Gasteiger partial charge in [0.15, 0.2) is 9.84 Å². The van der Waals surface area contributed by atoms with Crippen molar-refractivity contribution in [1.82, 2.24) is 9.97 Å². The van der Waals surface area contributed by atoms with Crippen LogP contribution in [0.2, 0.25) is 0 Å². The van der Waals surface area contributed by atoms with E-state index in [4.69, 9.17) is 5.73 Å². The molecule has 0 spiro atoms. The average Bonchev–Trinajstić information content (AvgIpc) is 3.32. The molecule has 1 aromatic heterocycles. The van der Waals surface area contributed by atoms with Crippen molar-refractivity contribution in [3.8, 4) is 22.5 Å². The van der Waals surface area contributed by atoms with E-state index in [0.717, 1.165) is 47.9 Å². The third-order valence-corrected chi connectivity index (χ3v) is 9.05. The first kappa shape index (κ1) is 24.6. The van der Waals surface area contributed by atoms with Crippen LogP contribution in [0.5, 0.6) is 0 Å². The zero-order valence-electron chi connectivity index (χ0n) is 20.0. The summed E-state index contributed by atoms with van der Waals surface area (Å²) in [6.07, 6.45) is 5.24. The highest BCUT2D eigenvalue weighted by atomic mass is 32.2. The van der Waals surface area contributed by atoms with E-state index < -0.39 is 9.84 Å². The number of benzene rings is 3. The molecule has 0 radical (unpaired) electrons. The molecular weight excluding hydrogens is 490 g/mol. The van der Waals surface area contributed by atoms with Gasteiger partial charge in [-0.05, 0) is 72.4 Å². The molecule has 1 atom stereocenters. The van der Waals surface area contributed by atoms with Gasteiger partial charge in [-0.15, -0.1) is 0 Å². The van der Waals surface area contributed by atoms with Crippen LogP contribution in [0.4, 0.5) is 0 Å². The fourth-order valence-corrected chi connectivity index (χ4v) is 6.07. The first-order valence-electron chi connectivity index (χ1n) is 12.1. The molecule has 8 heteroatoms. The Kier molecular flexibility index (Phi) is 6.66. The standard InChI is InChI=1S/C28H29N3O3S2/c1-36(33,34)23-14-15-24-25(16-23)31-28(30-24)22-12-8-20(9-13-22)18-4-2-17(3-5-18)19-6-10-21(11-7-19)26(35)27(29)32/h2-5,8-9,12-16,19,21,26,35H,6-7,10-11H2,1H3,(H2,29,32)(H,30,31). The van der Waals surface area contributed by atoms with Gasteiger partial charge in [0.2, 0.25) is 5.91 Å². The lowest BCUT2D eigenvalue weighted by Gasteiger charge is -2.31. The van der Waals surface area contributed by atoms with E-state index in [-0.39, 0.29) is 22.0 Å². The van der Waals surface area contributed by atoms with Crippen LogP contribution in [0.25, 0.3) is 33.5 Å². The summed E-state index contributed by atoms with van der Waals surface area (Å²) in [6, 6.07) is 21.9. The molecule has 0 saturated heterocycles. The molecule has 186 valence electrons. The molecule has 0 bridgehead atoms. The van der Waals surface area contributed by atoms with Gasteiger partial charge >= 0.3 is 0 Å². The van der Waals surface area contributed by atoms with Crippen LogP contribution < -0.4 is 5.73 Å². The van der Waals surface area contributed by atoms with Gasteiger partial charge in [0.25, 0.3) is 0 Å². The van der Waals surface area contributed by atoms with Crippen molar-refractivity contribution in [3.63, 3.8) is 0 Å². The Morgan fingerprint density at radius 2 is 1.53 bits per heavy atom. The third-order valence-electron chi connectivity index (χ3n) is 7.27. The molecule has 1 aliphatic carbocycles. The maximum Gasteiger partial charge on any atom is 0.230 e. The molecule has 1 unspecified atom stereocenters. The Morgan fingerprint density at radius 3 is 2.11 bits per heavy atom. The number of hydrogen-bond donors (Lipinski definition) is 3. The van der Waals surface area contributed by atoms with Crippen molar-refractivity contribution < 1.29 is 13.2 Å². The van der Waals surface area contributed by atoms with Gasteiger partial charge in [-0.1, -0.05) is 48.5 Å².